The van der Waals surface area contributed by atoms with Crippen LogP contribution < -0.4 is 10.6 Å². The largest absolute Gasteiger partial charge is 0.370 e. The molecule has 0 amide bonds. The highest BCUT2D eigenvalue weighted by molar-refractivity contribution is 7.99. The second kappa shape index (κ2) is 6.34. The number of benzene rings is 1. The van der Waals surface area contributed by atoms with Crippen molar-refractivity contribution < 1.29 is 0 Å². The number of thioether (sulfide) groups is 1. The number of rotatable bonds is 5. The molecule has 5 heteroatoms. The molecule has 1 aliphatic heterocycles. The highest BCUT2D eigenvalue weighted by Gasteiger charge is 2.26. The van der Waals surface area contributed by atoms with Gasteiger partial charge >= 0.3 is 0 Å². The van der Waals surface area contributed by atoms with Crippen molar-refractivity contribution in [3.63, 3.8) is 0 Å². The molecule has 0 saturated heterocycles. The number of aliphatic imine (C=N–C) groups is 1. The van der Waals surface area contributed by atoms with Gasteiger partial charge in [-0.15, -0.1) is 0 Å². The van der Waals surface area contributed by atoms with Crippen LogP contribution in [-0.4, -0.2) is 30.1 Å². The number of halogens is 1. The second-order valence-electron chi connectivity index (χ2n) is 4.18. The summed E-state index contributed by atoms with van der Waals surface area (Å²) >= 11 is 7.87. The zero-order valence-electron chi connectivity index (χ0n) is 10.5. The van der Waals surface area contributed by atoms with Crippen molar-refractivity contribution in [3.8, 4) is 0 Å². The minimum atomic E-state index is 0.380. The third-order valence-electron chi connectivity index (χ3n) is 2.98. The molecular weight excluding hydrogens is 266 g/mol. The van der Waals surface area contributed by atoms with Crippen molar-refractivity contribution in [1.29, 1.82) is 0 Å². The normalized spacial score (nSPS) is 19.1. The monoisotopic (exact) mass is 283 g/mol. The summed E-state index contributed by atoms with van der Waals surface area (Å²) < 4.78 is 0. The van der Waals surface area contributed by atoms with Crippen LogP contribution in [0.15, 0.2) is 29.3 Å². The molecule has 1 aromatic rings. The zero-order valence-corrected chi connectivity index (χ0v) is 12.0. The van der Waals surface area contributed by atoms with E-state index in [4.69, 9.17) is 17.3 Å². The second-order valence-corrected chi connectivity index (χ2v) is 6.02. The average Bonchev–Trinajstić information content (AvgIpc) is 2.72. The molecule has 1 atom stereocenters. The summed E-state index contributed by atoms with van der Waals surface area (Å²) in [6.07, 6.45) is 1.10. The van der Waals surface area contributed by atoms with E-state index in [9.17, 15) is 0 Å². The van der Waals surface area contributed by atoms with Crippen LogP contribution in [0.4, 0.5) is 5.69 Å². The molecule has 1 aliphatic rings. The molecule has 1 aromatic carbocycles. The van der Waals surface area contributed by atoms with Crippen LogP contribution >= 0.6 is 23.4 Å². The molecule has 0 fully saturated rings. The molecule has 18 heavy (non-hydrogen) atoms. The Bertz CT molecular complexity index is 419. The minimum Gasteiger partial charge on any atom is -0.370 e. The van der Waals surface area contributed by atoms with Crippen LogP contribution in [-0.2, 0) is 0 Å². The summed E-state index contributed by atoms with van der Waals surface area (Å²) in [5, 5.41) is 0.742. The first-order valence-electron chi connectivity index (χ1n) is 6.15. The van der Waals surface area contributed by atoms with Crippen molar-refractivity contribution >= 4 is 35.0 Å². The summed E-state index contributed by atoms with van der Waals surface area (Å²) in [4.78, 5) is 6.47. The number of hydrogen-bond donors (Lipinski definition) is 1. The van der Waals surface area contributed by atoms with Gasteiger partial charge in [0.05, 0.1) is 12.6 Å². The standard InChI is InChI=1S/C13H18ClN3S/c1-2-18-8-7-12-9-16-13(15)17(12)11-5-3-10(14)4-6-11/h3-6,12H,2,7-9H2,1H3,(H2,15,16). The Morgan fingerprint density at radius 1 is 1.44 bits per heavy atom. The lowest BCUT2D eigenvalue weighted by molar-refractivity contribution is 0.690. The number of nitrogens with zero attached hydrogens (tertiary/aromatic N) is 2. The summed E-state index contributed by atoms with van der Waals surface area (Å²) in [5.41, 5.74) is 7.05. The lowest BCUT2D eigenvalue weighted by Gasteiger charge is -2.26. The Balaban J connectivity index is 2.07. The van der Waals surface area contributed by atoms with E-state index in [-0.39, 0.29) is 0 Å². The molecular formula is C13H18ClN3S. The first kappa shape index (κ1) is 13.6. The summed E-state index contributed by atoms with van der Waals surface area (Å²) in [5.74, 6) is 2.92. The maximum atomic E-state index is 5.98. The smallest absolute Gasteiger partial charge is 0.196 e. The van der Waals surface area contributed by atoms with Crippen LogP contribution in [0.1, 0.15) is 13.3 Å². The molecule has 98 valence electrons. The highest BCUT2D eigenvalue weighted by atomic mass is 35.5. The average molecular weight is 284 g/mol. The fraction of sp³-hybridized carbons (Fsp3) is 0.462. The van der Waals surface area contributed by atoms with E-state index >= 15 is 0 Å². The number of hydrogen-bond acceptors (Lipinski definition) is 4. The van der Waals surface area contributed by atoms with Gasteiger partial charge in [-0.1, -0.05) is 18.5 Å². The first-order valence-corrected chi connectivity index (χ1v) is 7.68. The van der Waals surface area contributed by atoms with Gasteiger partial charge in [-0.25, -0.2) is 0 Å². The lowest BCUT2D eigenvalue weighted by atomic mass is 10.2. The minimum absolute atomic E-state index is 0.380. The third-order valence-corrected chi connectivity index (χ3v) is 4.16. The van der Waals surface area contributed by atoms with Gasteiger partial charge in [0.2, 0.25) is 0 Å². The van der Waals surface area contributed by atoms with Gasteiger partial charge in [0.15, 0.2) is 5.96 Å². The van der Waals surface area contributed by atoms with E-state index in [0.717, 1.165) is 35.2 Å². The van der Waals surface area contributed by atoms with E-state index in [1.165, 1.54) is 0 Å². The van der Waals surface area contributed by atoms with E-state index in [2.05, 4.69) is 16.8 Å². The van der Waals surface area contributed by atoms with Gasteiger partial charge in [-0.2, -0.15) is 11.8 Å². The van der Waals surface area contributed by atoms with Gasteiger partial charge in [0, 0.05) is 10.7 Å². The fourth-order valence-corrected chi connectivity index (χ4v) is 2.93. The number of guanidine groups is 1. The van der Waals surface area contributed by atoms with Gasteiger partial charge in [-0.05, 0) is 42.2 Å². The van der Waals surface area contributed by atoms with Gasteiger partial charge in [0.25, 0.3) is 0 Å². The molecule has 2 N–H and O–H groups in total. The molecule has 0 saturated carbocycles. The van der Waals surface area contributed by atoms with E-state index in [0.29, 0.717) is 12.0 Å². The zero-order chi connectivity index (χ0) is 13.0. The molecule has 0 bridgehead atoms. The Kier molecular flexibility index (Phi) is 4.78. The van der Waals surface area contributed by atoms with Crippen LogP contribution in [0, 0.1) is 0 Å². The number of anilines is 1. The SMILES string of the molecule is CCSCCC1CN=C(N)N1c1ccc(Cl)cc1. The predicted molar refractivity (Wildman–Crippen MR) is 81.8 cm³/mol. The summed E-state index contributed by atoms with van der Waals surface area (Å²) in [6.45, 7) is 2.97. The molecule has 0 radical (unpaired) electrons. The van der Waals surface area contributed by atoms with E-state index in [1.807, 2.05) is 36.0 Å². The number of nitrogens with two attached hydrogens (primary N) is 1. The topological polar surface area (TPSA) is 41.6 Å². The van der Waals surface area contributed by atoms with E-state index < -0.39 is 0 Å². The van der Waals surface area contributed by atoms with Crippen molar-refractivity contribution in [3.05, 3.63) is 29.3 Å². The third kappa shape index (κ3) is 3.12. The Hall–Kier alpha value is -0.870. The molecule has 2 rings (SSSR count). The fourth-order valence-electron chi connectivity index (χ4n) is 2.07. The maximum Gasteiger partial charge on any atom is 0.196 e. The van der Waals surface area contributed by atoms with Gasteiger partial charge in [-0.3, -0.25) is 4.99 Å². The van der Waals surface area contributed by atoms with Crippen LogP contribution in [0.25, 0.3) is 0 Å². The molecule has 3 nitrogen and oxygen atoms in total. The van der Waals surface area contributed by atoms with Crippen LogP contribution in [0.2, 0.25) is 5.02 Å². The lowest BCUT2D eigenvalue weighted by Crippen LogP contribution is -2.41. The summed E-state index contributed by atoms with van der Waals surface area (Å²) in [7, 11) is 0. The van der Waals surface area contributed by atoms with Crippen molar-refractivity contribution in [1.82, 2.24) is 0 Å². The Labute approximate surface area is 117 Å². The van der Waals surface area contributed by atoms with Crippen molar-refractivity contribution in [2.24, 2.45) is 10.7 Å². The molecule has 0 aromatic heterocycles. The molecule has 1 unspecified atom stereocenters. The molecule has 0 spiro atoms. The van der Waals surface area contributed by atoms with E-state index in [1.54, 1.807) is 0 Å². The summed E-state index contributed by atoms with van der Waals surface area (Å²) in [6, 6.07) is 8.15. The van der Waals surface area contributed by atoms with Crippen molar-refractivity contribution in [2.45, 2.75) is 19.4 Å². The predicted octanol–water partition coefficient (Wildman–Crippen LogP) is 2.99. The highest BCUT2D eigenvalue weighted by Crippen LogP contribution is 2.25. The van der Waals surface area contributed by atoms with Gasteiger partial charge in [0.1, 0.15) is 0 Å². The van der Waals surface area contributed by atoms with Gasteiger partial charge < -0.3 is 10.6 Å². The van der Waals surface area contributed by atoms with Crippen LogP contribution in [0.3, 0.4) is 0 Å². The Morgan fingerprint density at radius 3 is 2.83 bits per heavy atom. The molecule has 0 aliphatic carbocycles. The first-order chi connectivity index (χ1) is 8.72. The molecule has 1 heterocycles. The Morgan fingerprint density at radius 2 is 2.17 bits per heavy atom. The van der Waals surface area contributed by atoms with Crippen molar-refractivity contribution in [2.75, 3.05) is 23.0 Å². The quantitative estimate of drug-likeness (QED) is 0.845. The maximum absolute atomic E-state index is 5.98. The van der Waals surface area contributed by atoms with Crippen LogP contribution in [0.5, 0.6) is 0 Å².